The molecule has 3 rings (SSSR count). The Balaban J connectivity index is 1.88. The lowest BCUT2D eigenvalue weighted by Gasteiger charge is -2.06. The molecule has 0 aliphatic carbocycles. The Labute approximate surface area is 140 Å². The highest BCUT2D eigenvalue weighted by molar-refractivity contribution is 9.10. The zero-order valence-corrected chi connectivity index (χ0v) is 14.6. The highest BCUT2D eigenvalue weighted by Gasteiger charge is 2.18. The Hall–Kier alpha value is -1.64. The highest BCUT2D eigenvalue weighted by Crippen LogP contribution is 2.32. The number of aromatic nitrogens is 1. The lowest BCUT2D eigenvalue weighted by molar-refractivity contribution is 0.535. The molecule has 2 aromatic heterocycles. The maximum atomic E-state index is 12.4. The maximum absolute atomic E-state index is 12.4. The molecule has 0 amide bonds. The molecule has 0 spiro atoms. The van der Waals surface area contributed by atoms with Crippen LogP contribution in [0.1, 0.15) is 5.89 Å². The van der Waals surface area contributed by atoms with Crippen LogP contribution in [-0.4, -0.2) is 13.4 Å². The number of sulfonamides is 1. The number of hydrogen-bond donors (Lipinski definition) is 1. The molecule has 0 atom stereocenters. The van der Waals surface area contributed by atoms with Crippen LogP contribution in [-0.2, 0) is 10.0 Å². The number of hydrogen-bond acceptors (Lipinski definition) is 5. The van der Waals surface area contributed by atoms with E-state index in [1.165, 1.54) is 0 Å². The Bertz CT molecular complexity index is 916. The molecule has 2 heterocycles. The van der Waals surface area contributed by atoms with Gasteiger partial charge >= 0.3 is 0 Å². The molecule has 22 heavy (non-hydrogen) atoms. The van der Waals surface area contributed by atoms with Gasteiger partial charge in [-0.05, 0) is 30.3 Å². The molecular weight excluding hydrogens is 388 g/mol. The van der Waals surface area contributed by atoms with E-state index in [1.807, 2.05) is 6.07 Å². The van der Waals surface area contributed by atoms with Gasteiger partial charge in [-0.25, -0.2) is 13.4 Å². The average Bonchev–Trinajstić information content (AvgIpc) is 3.06. The summed E-state index contributed by atoms with van der Waals surface area (Å²) >= 11 is 4.45. The molecule has 0 saturated heterocycles. The van der Waals surface area contributed by atoms with Gasteiger partial charge in [0.15, 0.2) is 11.7 Å². The van der Waals surface area contributed by atoms with Crippen LogP contribution < -0.4 is 4.72 Å². The minimum Gasteiger partial charge on any atom is -0.440 e. The van der Waals surface area contributed by atoms with Crippen molar-refractivity contribution in [3.8, 4) is 10.6 Å². The zero-order chi connectivity index (χ0) is 15.7. The van der Waals surface area contributed by atoms with E-state index in [1.54, 1.807) is 43.5 Å². The molecule has 8 heteroatoms. The Morgan fingerprint density at radius 1 is 1.27 bits per heavy atom. The predicted octanol–water partition coefficient (Wildman–Crippen LogP) is 4.27. The molecule has 0 radical (unpaired) electrons. The molecule has 0 aliphatic rings. The summed E-state index contributed by atoms with van der Waals surface area (Å²) in [5.74, 6) is 1.10. The van der Waals surface area contributed by atoms with E-state index in [0.29, 0.717) is 17.3 Å². The zero-order valence-electron chi connectivity index (χ0n) is 11.4. The average molecular weight is 399 g/mol. The van der Waals surface area contributed by atoms with Crippen LogP contribution in [0.25, 0.3) is 10.6 Å². The molecule has 0 aliphatic heterocycles. The summed E-state index contributed by atoms with van der Waals surface area (Å²) in [7, 11) is -3.62. The van der Waals surface area contributed by atoms with E-state index in [4.69, 9.17) is 4.42 Å². The number of nitrogens with zero attached hydrogens (tertiary/aromatic N) is 1. The van der Waals surface area contributed by atoms with Crippen LogP contribution in [0.2, 0.25) is 0 Å². The van der Waals surface area contributed by atoms with Gasteiger partial charge in [0.05, 0.1) is 11.1 Å². The van der Waals surface area contributed by atoms with Crippen molar-refractivity contribution in [2.75, 3.05) is 4.72 Å². The first-order valence-corrected chi connectivity index (χ1v) is 9.34. The molecule has 1 aromatic carbocycles. The summed E-state index contributed by atoms with van der Waals surface area (Å²) in [5.41, 5.74) is 0.500. The Morgan fingerprint density at radius 3 is 2.77 bits per heavy atom. The second kappa shape index (κ2) is 5.86. The number of aryl methyl sites for hydroxylation is 1. The first-order valence-electron chi connectivity index (χ1n) is 6.25. The van der Waals surface area contributed by atoms with E-state index < -0.39 is 10.0 Å². The van der Waals surface area contributed by atoms with Gasteiger partial charge < -0.3 is 4.42 Å². The van der Waals surface area contributed by atoms with Crippen molar-refractivity contribution < 1.29 is 12.8 Å². The van der Waals surface area contributed by atoms with E-state index in [2.05, 4.69) is 25.6 Å². The van der Waals surface area contributed by atoms with Gasteiger partial charge in [-0.1, -0.05) is 22.0 Å². The van der Waals surface area contributed by atoms with Crippen molar-refractivity contribution in [2.24, 2.45) is 0 Å². The molecule has 3 aromatic rings. The largest absolute Gasteiger partial charge is 0.440 e. The third kappa shape index (κ3) is 3.23. The summed E-state index contributed by atoms with van der Waals surface area (Å²) in [6, 6.07) is 10.2. The fraction of sp³-hybridized carbons (Fsp3) is 0.0714. The molecule has 0 fully saturated rings. The van der Waals surface area contributed by atoms with Crippen molar-refractivity contribution in [3.63, 3.8) is 0 Å². The van der Waals surface area contributed by atoms with Crippen LogP contribution in [0, 0.1) is 6.92 Å². The first kappa shape index (κ1) is 15.3. The predicted molar refractivity (Wildman–Crippen MR) is 89.5 cm³/mol. The van der Waals surface area contributed by atoms with Crippen molar-refractivity contribution in [1.29, 1.82) is 0 Å². The van der Waals surface area contributed by atoms with Gasteiger partial charge in [0.1, 0.15) is 4.21 Å². The molecule has 0 bridgehead atoms. The number of thiophene rings is 1. The summed E-state index contributed by atoms with van der Waals surface area (Å²) in [6.07, 6.45) is 1.58. The number of halogens is 1. The first-order chi connectivity index (χ1) is 10.4. The van der Waals surface area contributed by atoms with Crippen molar-refractivity contribution in [1.82, 2.24) is 4.98 Å². The summed E-state index contributed by atoms with van der Waals surface area (Å²) in [5, 5.41) is 0. The van der Waals surface area contributed by atoms with Crippen LogP contribution in [0.5, 0.6) is 0 Å². The normalized spacial score (nSPS) is 11.5. The number of benzene rings is 1. The molecule has 0 saturated carbocycles. The lowest BCUT2D eigenvalue weighted by atomic mass is 10.3. The topological polar surface area (TPSA) is 72.2 Å². The molecule has 1 N–H and O–H groups in total. The van der Waals surface area contributed by atoms with Gasteiger partial charge in [0.2, 0.25) is 0 Å². The fourth-order valence-electron chi connectivity index (χ4n) is 1.83. The second-order valence-corrected chi connectivity index (χ2v) is 8.39. The van der Waals surface area contributed by atoms with Crippen molar-refractivity contribution in [3.05, 3.63) is 53.0 Å². The Kier molecular flexibility index (Phi) is 4.07. The van der Waals surface area contributed by atoms with Gasteiger partial charge in [0.25, 0.3) is 10.0 Å². The third-order valence-electron chi connectivity index (χ3n) is 2.79. The smallest absolute Gasteiger partial charge is 0.271 e. The monoisotopic (exact) mass is 398 g/mol. The molecular formula is C14H11BrN2O3S2. The van der Waals surface area contributed by atoms with Crippen molar-refractivity contribution in [2.45, 2.75) is 11.1 Å². The number of oxazole rings is 1. The van der Waals surface area contributed by atoms with Gasteiger partial charge in [-0.15, -0.1) is 11.3 Å². The van der Waals surface area contributed by atoms with Crippen molar-refractivity contribution >= 4 is 43.0 Å². The van der Waals surface area contributed by atoms with E-state index >= 15 is 0 Å². The fourth-order valence-corrected chi connectivity index (χ4v) is 4.53. The lowest BCUT2D eigenvalue weighted by Crippen LogP contribution is -2.11. The maximum Gasteiger partial charge on any atom is 0.271 e. The summed E-state index contributed by atoms with van der Waals surface area (Å²) in [6.45, 7) is 1.74. The summed E-state index contributed by atoms with van der Waals surface area (Å²) in [4.78, 5) is 4.73. The SMILES string of the molecule is Cc1ncc(-c2ccc(S(=O)(=O)Nc3cccc(Br)c3)s2)o1. The van der Waals surface area contributed by atoms with Crippen LogP contribution in [0.4, 0.5) is 5.69 Å². The van der Waals surface area contributed by atoms with Crippen LogP contribution in [0.3, 0.4) is 0 Å². The molecule has 5 nitrogen and oxygen atoms in total. The van der Waals surface area contributed by atoms with Crippen LogP contribution >= 0.6 is 27.3 Å². The number of rotatable bonds is 4. The van der Waals surface area contributed by atoms with Gasteiger partial charge in [-0.2, -0.15) is 0 Å². The number of nitrogens with one attached hydrogen (secondary N) is 1. The molecule has 0 unspecified atom stereocenters. The summed E-state index contributed by atoms with van der Waals surface area (Å²) < 4.78 is 33.8. The third-order valence-corrected chi connectivity index (χ3v) is 6.25. The minimum atomic E-state index is -3.62. The van der Waals surface area contributed by atoms with Crippen LogP contribution in [0.15, 0.2) is 55.7 Å². The quantitative estimate of drug-likeness (QED) is 0.711. The molecule has 114 valence electrons. The minimum absolute atomic E-state index is 0.219. The van der Waals surface area contributed by atoms with Gasteiger partial charge in [0, 0.05) is 17.1 Å². The number of anilines is 1. The van der Waals surface area contributed by atoms with E-state index in [-0.39, 0.29) is 4.21 Å². The second-order valence-electron chi connectivity index (χ2n) is 4.48. The Morgan fingerprint density at radius 2 is 2.09 bits per heavy atom. The van der Waals surface area contributed by atoms with Gasteiger partial charge in [-0.3, -0.25) is 4.72 Å². The van der Waals surface area contributed by atoms with E-state index in [9.17, 15) is 8.42 Å². The highest BCUT2D eigenvalue weighted by atomic mass is 79.9. The van der Waals surface area contributed by atoms with E-state index in [0.717, 1.165) is 20.7 Å². The standard InChI is InChI=1S/C14H11BrN2O3S2/c1-9-16-8-12(20-9)13-5-6-14(21-13)22(18,19)17-11-4-2-3-10(15)7-11/h2-8,17H,1H3.